The average molecular weight is 219 g/mol. The zero-order valence-electron chi connectivity index (χ0n) is 11.4. The molecule has 0 radical (unpaired) electrons. The summed E-state index contributed by atoms with van der Waals surface area (Å²) in [5, 5.41) is 2.59. The highest BCUT2D eigenvalue weighted by Gasteiger charge is 1.95. The predicted octanol–water partition coefficient (Wildman–Crippen LogP) is 2.99. The molecule has 3 nitrogen and oxygen atoms in total. The van der Waals surface area contributed by atoms with Crippen LogP contribution < -0.4 is 5.32 Å². The van der Waals surface area contributed by atoms with Crippen LogP contribution in [0.5, 0.6) is 0 Å². The van der Waals surface area contributed by atoms with E-state index in [1.54, 1.807) is 14.2 Å². The summed E-state index contributed by atoms with van der Waals surface area (Å²) in [5.74, 6) is 0.127. The lowest BCUT2D eigenvalue weighted by Crippen LogP contribution is -2.16. The van der Waals surface area contributed by atoms with E-state index in [0.717, 1.165) is 25.9 Å². The van der Waals surface area contributed by atoms with Crippen molar-refractivity contribution in [1.82, 2.24) is 5.32 Å². The van der Waals surface area contributed by atoms with Crippen LogP contribution in [0.3, 0.4) is 0 Å². The Kier molecular flexibility index (Phi) is 31.0. The summed E-state index contributed by atoms with van der Waals surface area (Å²) in [6, 6.07) is 0. The Hall–Kier alpha value is -0.570. The minimum atomic E-state index is 0.127. The first-order chi connectivity index (χ1) is 7.31. The molecule has 0 saturated heterocycles. The molecular formula is C12H29NO2. The van der Waals surface area contributed by atoms with Crippen molar-refractivity contribution in [2.75, 3.05) is 20.8 Å². The Balaban J connectivity index is -0.000000318. The van der Waals surface area contributed by atoms with E-state index in [1.165, 1.54) is 0 Å². The molecule has 0 saturated carbocycles. The lowest BCUT2D eigenvalue weighted by Gasteiger charge is -1.99. The van der Waals surface area contributed by atoms with E-state index in [1.807, 2.05) is 27.7 Å². The lowest BCUT2D eigenvalue weighted by atomic mass is 10.2. The van der Waals surface area contributed by atoms with Crippen molar-refractivity contribution in [2.45, 2.75) is 53.4 Å². The first-order valence-electron chi connectivity index (χ1n) is 6.00. The molecule has 0 heterocycles. The minimum absolute atomic E-state index is 0.127. The molecule has 0 atom stereocenters. The van der Waals surface area contributed by atoms with Crippen LogP contribution in [0, 0.1) is 0 Å². The number of hydrogen-bond acceptors (Lipinski definition) is 2. The number of methoxy groups -OCH3 is 1. The topological polar surface area (TPSA) is 38.3 Å². The van der Waals surface area contributed by atoms with Gasteiger partial charge in [0.05, 0.1) is 0 Å². The van der Waals surface area contributed by atoms with E-state index in [2.05, 4.69) is 5.32 Å². The fourth-order valence-electron chi connectivity index (χ4n) is 0.834. The van der Waals surface area contributed by atoms with E-state index >= 15 is 0 Å². The van der Waals surface area contributed by atoms with Crippen molar-refractivity contribution in [2.24, 2.45) is 0 Å². The summed E-state index contributed by atoms with van der Waals surface area (Å²) in [6.07, 6.45) is 3.72. The fourth-order valence-corrected chi connectivity index (χ4v) is 0.834. The van der Waals surface area contributed by atoms with Gasteiger partial charge in [0.1, 0.15) is 0 Å². The number of ether oxygens (including phenoxy) is 1. The van der Waals surface area contributed by atoms with Gasteiger partial charge in [-0.05, 0) is 12.8 Å². The average Bonchev–Trinajstić information content (AvgIpc) is 2.33. The largest absolute Gasteiger partial charge is 0.385 e. The van der Waals surface area contributed by atoms with Gasteiger partial charge in [-0.1, -0.05) is 34.1 Å². The number of amides is 1. The first-order valence-corrected chi connectivity index (χ1v) is 6.00. The maximum absolute atomic E-state index is 10.7. The molecule has 0 aliphatic carbocycles. The smallest absolute Gasteiger partial charge is 0.219 e. The van der Waals surface area contributed by atoms with E-state index in [0.29, 0.717) is 6.42 Å². The molecule has 0 aromatic heterocycles. The van der Waals surface area contributed by atoms with Crippen molar-refractivity contribution in [3.8, 4) is 0 Å². The second-order valence-electron chi connectivity index (χ2n) is 2.48. The summed E-state index contributed by atoms with van der Waals surface area (Å²) in [7, 11) is 3.36. The van der Waals surface area contributed by atoms with Gasteiger partial charge >= 0.3 is 0 Å². The zero-order valence-corrected chi connectivity index (χ0v) is 11.4. The molecule has 0 aromatic rings. The zero-order chi connectivity index (χ0) is 12.5. The molecule has 15 heavy (non-hydrogen) atoms. The number of rotatable bonds is 6. The Morgan fingerprint density at radius 1 is 1.07 bits per heavy atom. The van der Waals surface area contributed by atoms with Crippen LogP contribution in [-0.2, 0) is 9.53 Å². The van der Waals surface area contributed by atoms with Gasteiger partial charge < -0.3 is 10.1 Å². The molecule has 0 unspecified atom stereocenters. The van der Waals surface area contributed by atoms with Crippen LogP contribution in [0.2, 0.25) is 0 Å². The Labute approximate surface area is 95.6 Å². The number of nitrogens with one attached hydrogen (secondary N) is 1. The fraction of sp³-hybridized carbons (Fsp3) is 0.917. The van der Waals surface area contributed by atoms with Gasteiger partial charge in [0.15, 0.2) is 0 Å². The number of carbonyl (C=O) groups excluding carboxylic acids is 1. The van der Waals surface area contributed by atoms with Gasteiger partial charge in [0.2, 0.25) is 5.91 Å². The van der Waals surface area contributed by atoms with Gasteiger partial charge in [-0.2, -0.15) is 0 Å². The number of carbonyl (C=O) groups is 1. The molecule has 94 valence electrons. The van der Waals surface area contributed by atoms with Crippen LogP contribution in [0.4, 0.5) is 0 Å². The van der Waals surface area contributed by atoms with Crippen molar-refractivity contribution >= 4 is 5.91 Å². The van der Waals surface area contributed by atoms with Crippen molar-refractivity contribution in [3.05, 3.63) is 0 Å². The van der Waals surface area contributed by atoms with E-state index in [-0.39, 0.29) is 5.91 Å². The monoisotopic (exact) mass is 219 g/mol. The minimum Gasteiger partial charge on any atom is -0.385 e. The Morgan fingerprint density at radius 2 is 1.60 bits per heavy atom. The van der Waals surface area contributed by atoms with Gasteiger partial charge in [-0.3, -0.25) is 4.79 Å². The van der Waals surface area contributed by atoms with E-state index in [9.17, 15) is 4.79 Å². The highest BCUT2D eigenvalue weighted by molar-refractivity contribution is 5.75. The highest BCUT2D eigenvalue weighted by atomic mass is 16.5. The van der Waals surface area contributed by atoms with Crippen LogP contribution in [0.15, 0.2) is 0 Å². The SMILES string of the molecule is CC.CC.CNC(=O)CCCCCOC. The van der Waals surface area contributed by atoms with Crippen molar-refractivity contribution < 1.29 is 9.53 Å². The van der Waals surface area contributed by atoms with Crippen LogP contribution in [0.25, 0.3) is 0 Å². The van der Waals surface area contributed by atoms with Gasteiger partial charge in [-0.25, -0.2) is 0 Å². The standard InChI is InChI=1S/C8H17NO2.2C2H6/c1-9-8(10)6-4-3-5-7-11-2;2*1-2/h3-7H2,1-2H3,(H,9,10);2*1-2H3. The summed E-state index contributed by atoms with van der Waals surface area (Å²) in [6.45, 7) is 8.80. The summed E-state index contributed by atoms with van der Waals surface area (Å²) >= 11 is 0. The second kappa shape index (κ2) is 23.3. The van der Waals surface area contributed by atoms with Crippen LogP contribution in [0.1, 0.15) is 53.4 Å². The van der Waals surface area contributed by atoms with E-state index < -0.39 is 0 Å². The summed E-state index contributed by atoms with van der Waals surface area (Å²) in [5.41, 5.74) is 0. The second-order valence-corrected chi connectivity index (χ2v) is 2.48. The molecule has 0 bridgehead atoms. The van der Waals surface area contributed by atoms with Crippen LogP contribution >= 0.6 is 0 Å². The molecule has 0 rings (SSSR count). The third kappa shape index (κ3) is 24.7. The summed E-state index contributed by atoms with van der Waals surface area (Å²) < 4.78 is 4.87. The number of hydrogen-bond donors (Lipinski definition) is 1. The molecule has 3 heteroatoms. The predicted molar refractivity (Wildman–Crippen MR) is 67.1 cm³/mol. The third-order valence-electron chi connectivity index (χ3n) is 1.53. The molecule has 0 spiro atoms. The Morgan fingerprint density at radius 3 is 2.00 bits per heavy atom. The molecule has 1 amide bonds. The third-order valence-corrected chi connectivity index (χ3v) is 1.53. The van der Waals surface area contributed by atoms with Crippen molar-refractivity contribution in [1.29, 1.82) is 0 Å². The molecule has 1 N–H and O–H groups in total. The molecule has 0 fully saturated rings. The van der Waals surface area contributed by atoms with Crippen molar-refractivity contribution in [3.63, 3.8) is 0 Å². The van der Waals surface area contributed by atoms with E-state index in [4.69, 9.17) is 4.74 Å². The molecular weight excluding hydrogens is 190 g/mol. The molecule has 0 aromatic carbocycles. The maximum Gasteiger partial charge on any atom is 0.219 e. The quantitative estimate of drug-likeness (QED) is 0.697. The first kappa shape index (κ1) is 19.9. The van der Waals surface area contributed by atoms with Gasteiger partial charge in [0.25, 0.3) is 0 Å². The normalized spacial score (nSPS) is 7.87. The Bertz CT molecular complexity index is 106. The van der Waals surface area contributed by atoms with Crippen LogP contribution in [-0.4, -0.2) is 26.7 Å². The molecule has 0 aliphatic rings. The molecule has 0 aliphatic heterocycles. The highest BCUT2D eigenvalue weighted by Crippen LogP contribution is 1.98. The summed E-state index contributed by atoms with van der Waals surface area (Å²) in [4.78, 5) is 10.7. The maximum atomic E-state index is 10.7. The lowest BCUT2D eigenvalue weighted by molar-refractivity contribution is -0.120. The van der Waals surface area contributed by atoms with Gasteiger partial charge in [0, 0.05) is 27.2 Å². The van der Waals surface area contributed by atoms with Gasteiger partial charge in [-0.15, -0.1) is 0 Å². The number of unbranched alkanes of at least 4 members (excludes halogenated alkanes) is 2.